The number of hydrogen-bond donors (Lipinski definition) is 2. The van der Waals surface area contributed by atoms with Crippen LogP contribution < -0.4 is 5.73 Å². The van der Waals surface area contributed by atoms with E-state index in [1.165, 1.54) is 0 Å². The van der Waals surface area contributed by atoms with Crippen molar-refractivity contribution in [1.82, 2.24) is 4.90 Å². The van der Waals surface area contributed by atoms with Crippen LogP contribution in [0.4, 0.5) is 0 Å². The molecule has 18 heavy (non-hydrogen) atoms. The van der Waals surface area contributed by atoms with E-state index in [0.29, 0.717) is 6.54 Å². The maximum absolute atomic E-state index is 10.4. The van der Waals surface area contributed by atoms with Crippen LogP contribution >= 0.6 is 0 Å². The van der Waals surface area contributed by atoms with Gasteiger partial charge in [-0.15, -0.1) is 0 Å². The van der Waals surface area contributed by atoms with Gasteiger partial charge in [0.2, 0.25) is 0 Å². The van der Waals surface area contributed by atoms with Gasteiger partial charge in [0.1, 0.15) is 0 Å². The average molecular weight is 256 g/mol. The number of aliphatic hydroxyl groups is 1. The van der Waals surface area contributed by atoms with E-state index in [0.717, 1.165) is 64.8 Å². The second-order valence-corrected chi connectivity index (χ2v) is 6.46. The van der Waals surface area contributed by atoms with Gasteiger partial charge in [-0.3, -0.25) is 0 Å². The Balaban J connectivity index is 1.86. The molecule has 4 heteroatoms. The van der Waals surface area contributed by atoms with Crippen LogP contribution in [0.3, 0.4) is 0 Å². The van der Waals surface area contributed by atoms with Gasteiger partial charge in [0, 0.05) is 31.7 Å². The molecule has 0 aromatic carbocycles. The molecule has 0 bridgehead atoms. The summed E-state index contributed by atoms with van der Waals surface area (Å²) in [5, 5.41) is 10.4. The summed E-state index contributed by atoms with van der Waals surface area (Å²) in [5.41, 5.74) is 5.60. The SMILES string of the molecule is CN(CC1(O)CCCC1)CC1(CN)CCCOC1. The molecule has 2 fully saturated rings. The first-order chi connectivity index (χ1) is 8.58. The van der Waals surface area contributed by atoms with Crippen molar-refractivity contribution in [3.8, 4) is 0 Å². The Bertz CT molecular complexity index is 259. The molecule has 0 radical (unpaired) electrons. The first kappa shape index (κ1) is 14.3. The third-order valence-electron chi connectivity index (χ3n) is 4.54. The highest BCUT2D eigenvalue weighted by molar-refractivity contribution is 4.90. The van der Waals surface area contributed by atoms with Crippen molar-refractivity contribution in [1.29, 1.82) is 0 Å². The molecule has 1 saturated heterocycles. The highest BCUT2D eigenvalue weighted by Gasteiger charge is 2.36. The molecule has 0 spiro atoms. The van der Waals surface area contributed by atoms with E-state index in [9.17, 15) is 5.11 Å². The van der Waals surface area contributed by atoms with Gasteiger partial charge in [-0.25, -0.2) is 0 Å². The number of rotatable bonds is 5. The largest absolute Gasteiger partial charge is 0.389 e. The van der Waals surface area contributed by atoms with E-state index in [2.05, 4.69) is 11.9 Å². The number of nitrogens with zero attached hydrogens (tertiary/aromatic N) is 1. The average Bonchev–Trinajstić information content (AvgIpc) is 2.76. The minimum atomic E-state index is -0.458. The number of hydrogen-bond acceptors (Lipinski definition) is 4. The maximum Gasteiger partial charge on any atom is 0.0774 e. The van der Waals surface area contributed by atoms with Crippen LogP contribution in [0.2, 0.25) is 0 Å². The Kier molecular flexibility index (Phi) is 4.64. The van der Waals surface area contributed by atoms with Crippen molar-refractivity contribution >= 4 is 0 Å². The molecular weight excluding hydrogens is 228 g/mol. The highest BCUT2D eigenvalue weighted by atomic mass is 16.5. The van der Waals surface area contributed by atoms with Crippen LogP contribution in [0.5, 0.6) is 0 Å². The molecule has 1 atom stereocenters. The molecule has 1 unspecified atom stereocenters. The lowest BCUT2D eigenvalue weighted by Crippen LogP contribution is -2.50. The maximum atomic E-state index is 10.4. The van der Waals surface area contributed by atoms with Crippen molar-refractivity contribution in [2.75, 3.05) is 39.9 Å². The van der Waals surface area contributed by atoms with Crippen LogP contribution in [0.25, 0.3) is 0 Å². The minimum absolute atomic E-state index is 0.0992. The summed E-state index contributed by atoms with van der Waals surface area (Å²) in [6, 6.07) is 0. The predicted octanol–water partition coefficient (Wildman–Crippen LogP) is 0.979. The smallest absolute Gasteiger partial charge is 0.0774 e. The van der Waals surface area contributed by atoms with Gasteiger partial charge in [0.05, 0.1) is 12.2 Å². The summed E-state index contributed by atoms with van der Waals surface area (Å²) in [6.07, 6.45) is 6.47. The van der Waals surface area contributed by atoms with Gasteiger partial charge in [0.15, 0.2) is 0 Å². The van der Waals surface area contributed by atoms with Gasteiger partial charge in [-0.2, -0.15) is 0 Å². The lowest BCUT2D eigenvalue weighted by atomic mass is 9.82. The van der Waals surface area contributed by atoms with Crippen LogP contribution in [0, 0.1) is 5.41 Å². The number of likely N-dealkylation sites (N-methyl/N-ethyl adjacent to an activating group) is 1. The van der Waals surface area contributed by atoms with E-state index in [-0.39, 0.29) is 5.41 Å². The first-order valence-electron chi connectivity index (χ1n) is 7.26. The molecule has 4 nitrogen and oxygen atoms in total. The number of ether oxygens (including phenoxy) is 1. The van der Waals surface area contributed by atoms with E-state index in [1.54, 1.807) is 0 Å². The van der Waals surface area contributed by atoms with Gasteiger partial charge < -0.3 is 20.5 Å². The normalized spacial score (nSPS) is 32.0. The molecule has 2 aliphatic rings. The van der Waals surface area contributed by atoms with Crippen molar-refractivity contribution in [3.05, 3.63) is 0 Å². The summed E-state index contributed by atoms with van der Waals surface area (Å²) in [7, 11) is 2.10. The fraction of sp³-hybridized carbons (Fsp3) is 1.00. The second-order valence-electron chi connectivity index (χ2n) is 6.46. The fourth-order valence-electron chi connectivity index (χ4n) is 3.58. The molecule has 0 aromatic heterocycles. The van der Waals surface area contributed by atoms with Crippen molar-refractivity contribution in [3.63, 3.8) is 0 Å². The molecule has 1 aliphatic heterocycles. The van der Waals surface area contributed by atoms with Gasteiger partial charge in [0.25, 0.3) is 0 Å². The zero-order valence-corrected chi connectivity index (χ0v) is 11.7. The Morgan fingerprint density at radius 2 is 1.89 bits per heavy atom. The lowest BCUT2D eigenvalue weighted by molar-refractivity contribution is -0.0376. The lowest BCUT2D eigenvalue weighted by Gasteiger charge is -2.40. The molecule has 3 N–H and O–H groups in total. The summed E-state index contributed by atoms with van der Waals surface area (Å²) >= 11 is 0. The molecule has 0 aromatic rings. The minimum Gasteiger partial charge on any atom is -0.389 e. The Morgan fingerprint density at radius 1 is 1.17 bits per heavy atom. The van der Waals surface area contributed by atoms with Crippen molar-refractivity contribution in [2.45, 2.75) is 44.1 Å². The molecule has 1 saturated carbocycles. The standard InChI is InChI=1S/C14H28N2O2/c1-16(11-14(17)6-2-3-7-14)10-13(9-15)5-4-8-18-12-13/h17H,2-12,15H2,1H3. The van der Waals surface area contributed by atoms with Crippen molar-refractivity contribution in [2.24, 2.45) is 11.1 Å². The third-order valence-corrected chi connectivity index (χ3v) is 4.54. The van der Waals surface area contributed by atoms with Crippen LogP contribution in [-0.4, -0.2) is 55.5 Å². The zero-order valence-electron chi connectivity index (χ0n) is 11.7. The Labute approximate surface area is 110 Å². The quantitative estimate of drug-likeness (QED) is 0.770. The topological polar surface area (TPSA) is 58.7 Å². The molecular formula is C14H28N2O2. The van der Waals surface area contributed by atoms with Gasteiger partial charge in [-0.05, 0) is 32.7 Å². The predicted molar refractivity (Wildman–Crippen MR) is 72.5 cm³/mol. The Morgan fingerprint density at radius 3 is 2.44 bits per heavy atom. The molecule has 1 heterocycles. The Hall–Kier alpha value is -0.160. The van der Waals surface area contributed by atoms with Crippen molar-refractivity contribution < 1.29 is 9.84 Å². The highest BCUT2D eigenvalue weighted by Crippen LogP contribution is 2.32. The molecule has 2 rings (SSSR count). The molecule has 1 aliphatic carbocycles. The summed E-state index contributed by atoms with van der Waals surface area (Å²) in [5.74, 6) is 0. The monoisotopic (exact) mass is 256 g/mol. The second kappa shape index (κ2) is 5.87. The van der Waals surface area contributed by atoms with E-state index < -0.39 is 5.60 Å². The molecule has 106 valence electrons. The van der Waals surface area contributed by atoms with Gasteiger partial charge >= 0.3 is 0 Å². The van der Waals surface area contributed by atoms with Crippen LogP contribution in [-0.2, 0) is 4.74 Å². The van der Waals surface area contributed by atoms with E-state index in [4.69, 9.17) is 10.5 Å². The van der Waals surface area contributed by atoms with Crippen LogP contribution in [0.1, 0.15) is 38.5 Å². The van der Waals surface area contributed by atoms with Crippen LogP contribution in [0.15, 0.2) is 0 Å². The summed E-state index contributed by atoms with van der Waals surface area (Å²) < 4.78 is 5.60. The summed E-state index contributed by atoms with van der Waals surface area (Å²) in [6.45, 7) is 4.03. The van der Waals surface area contributed by atoms with E-state index >= 15 is 0 Å². The number of nitrogens with two attached hydrogens (primary N) is 1. The summed E-state index contributed by atoms with van der Waals surface area (Å²) in [4.78, 5) is 2.26. The van der Waals surface area contributed by atoms with Gasteiger partial charge in [-0.1, -0.05) is 12.8 Å². The third kappa shape index (κ3) is 3.44. The molecule has 0 amide bonds. The van der Waals surface area contributed by atoms with E-state index in [1.807, 2.05) is 0 Å². The fourth-order valence-corrected chi connectivity index (χ4v) is 3.58. The zero-order chi connectivity index (χ0) is 13.1. The first-order valence-corrected chi connectivity index (χ1v) is 7.26.